The number of hydrogen-bond acceptors (Lipinski definition) is 4. The standard InChI is InChI=1S/C18H15Cl2N3O3/c1-10(11-2-5-14(19)15(20)6-11)23-9-21-16-7-12(22-17(25)8-24)3-4-13(16)18(23)26/h2-7,9-10,24H,8H2,1H3,(H,22,25)/t10-/m1/s1. The number of carbonyl (C=O) groups is 1. The number of aliphatic hydroxyl groups excluding tert-OH is 1. The maximum absolute atomic E-state index is 12.8. The fraction of sp³-hybridized carbons (Fsp3) is 0.167. The molecule has 0 radical (unpaired) electrons. The third-order valence-electron chi connectivity index (χ3n) is 4.05. The molecule has 0 unspecified atom stereocenters. The van der Waals surface area contributed by atoms with E-state index in [2.05, 4.69) is 10.3 Å². The molecule has 6 nitrogen and oxygen atoms in total. The molecule has 2 aromatic carbocycles. The van der Waals surface area contributed by atoms with Crippen molar-refractivity contribution in [1.29, 1.82) is 0 Å². The summed E-state index contributed by atoms with van der Waals surface area (Å²) in [5.41, 5.74) is 1.52. The van der Waals surface area contributed by atoms with Gasteiger partial charge in [0.2, 0.25) is 5.91 Å². The molecule has 26 heavy (non-hydrogen) atoms. The molecule has 0 aliphatic carbocycles. The lowest BCUT2D eigenvalue weighted by Crippen LogP contribution is -2.24. The number of aromatic nitrogens is 2. The predicted octanol–water partition coefficient (Wildman–Crippen LogP) is 3.24. The zero-order chi connectivity index (χ0) is 18.8. The lowest BCUT2D eigenvalue weighted by Gasteiger charge is -2.16. The van der Waals surface area contributed by atoms with Crippen molar-refractivity contribution in [2.45, 2.75) is 13.0 Å². The molecule has 0 spiro atoms. The van der Waals surface area contributed by atoms with Gasteiger partial charge in [-0.05, 0) is 42.8 Å². The van der Waals surface area contributed by atoms with E-state index in [4.69, 9.17) is 28.3 Å². The van der Waals surface area contributed by atoms with E-state index in [1.165, 1.54) is 10.9 Å². The van der Waals surface area contributed by atoms with Crippen LogP contribution in [0.4, 0.5) is 5.69 Å². The molecule has 2 N–H and O–H groups in total. The Hall–Kier alpha value is -2.41. The third kappa shape index (κ3) is 3.58. The highest BCUT2D eigenvalue weighted by atomic mass is 35.5. The van der Waals surface area contributed by atoms with Gasteiger partial charge in [-0.3, -0.25) is 14.2 Å². The summed E-state index contributed by atoms with van der Waals surface area (Å²) in [6.07, 6.45) is 1.45. The summed E-state index contributed by atoms with van der Waals surface area (Å²) < 4.78 is 1.51. The van der Waals surface area contributed by atoms with Crippen LogP contribution >= 0.6 is 23.2 Å². The Morgan fingerprint density at radius 3 is 2.69 bits per heavy atom. The largest absolute Gasteiger partial charge is 0.387 e. The molecule has 1 amide bonds. The Morgan fingerprint density at radius 2 is 2.00 bits per heavy atom. The summed E-state index contributed by atoms with van der Waals surface area (Å²) >= 11 is 12.0. The molecular weight excluding hydrogens is 377 g/mol. The minimum absolute atomic E-state index is 0.214. The SMILES string of the molecule is C[C@H](c1ccc(Cl)c(Cl)c1)n1cnc2cc(NC(=O)CO)ccc2c1=O. The highest BCUT2D eigenvalue weighted by Crippen LogP contribution is 2.27. The van der Waals surface area contributed by atoms with Crippen molar-refractivity contribution >= 4 is 45.7 Å². The van der Waals surface area contributed by atoms with Crippen molar-refractivity contribution < 1.29 is 9.90 Å². The number of amides is 1. The number of rotatable bonds is 4. The van der Waals surface area contributed by atoms with Crippen molar-refractivity contribution in [2.24, 2.45) is 0 Å². The maximum atomic E-state index is 12.8. The molecular formula is C18H15Cl2N3O3. The summed E-state index contributed by atoms with van der Waals surface area (Å²) in [4.78, 5) is 28.4. The summed E-state index contributed by atoms with van der Waals surface area (Å²) in [5.74, 6) is -0.536. The first-order chi connectivity index (χ1) is 12.4. The number of aliphatic hydroxyl groups is 1. The zero-order valence-electron chi connectivity index (χ0n) is 13.7. The number of carbonyl (C=O) groups excluding carboxylic acids is 1. The highest BCUT2D eigenvalue weighted by Gasteiger charge is 2.14. The van der Waals surface area contributed by atoms with Crippen LogP contribution < -0.4 is 10.9 Å². The lowest BCUT2D eigenvalue weighted by atomic mass is 10.1. The lowest BCUT2D eigenvalue weighted by molar-refractivity contribution is -0.118. The van der Waals surface area contributed by atoms with E-state index in [1.807, 2.05) is 13.0 Å². The van der Waals surface area contributed by atoms with E-state index in [1.54, 1.807) is 30.3 Å². The van der Waals surface area contributed by atoms with Crippen LogP contribution in [0.5, 0.6) is 0 Å². The van der Waals surface area contributed by atoms with Crippen LogP contribution in [0.15, 0.2) is 47.5 Å². The van der Waals surface area contributed by atoms with Crippen LogP contribution in [0.1, 0.15) is 18.5 Å². The Bertz CT molecular complexity index is 1050. The van der Waals surface area contributed by atoms with Gasteiger partial charge in [0.05, 0.1) is 33.3 Å². The summed E-state index contributed by atoms with van der Waals surface area (Å²) in [5, 5.41) is 12.6. The van der Waals surface area contributed by atoms with Crippen LogP contribution in [-0.2, 0) is 4.79 Å². The number of fused-ring (bicyclic) bond motifs is 1. The first kappa shape index (κ1) is 18.4. The topological polar surface area (TPSA) is 84.2 Å². The molecule has 0 fully saturated rings. The zero-order valence-corrected chi connectivity index (χ0v) is 15.3. The van der Waals surface area contributed by atoms with Gasteiger partial charge in [0.1, 0.15) is 6.61 Å². The van der Waals surface area contributed by atoms with Crippen LogP contribution in [-0.4, -0.2) is 27.2 Å². The second-order valence-electron chi connectivity index (χ2n) is 5.74. The van der Waals surface area contributed by atoms with E-state index in [-0.39, 0.29) is 11.6 Å². The van der Waals surface area contributed by atoms with Gasteiger partial charge in [-0.15, -0.1) is 0 Å². The number of nitrogens with zero attached hydrogens (tertiary/aromatic N) is 2. The van der Waals surface area contributed by atoms with Crippen LogP contribution in [0.2, 0.25) is 10.0 Å². The van der Waals surface area contributed by atoms with Gasteiger partial charge in [0.25, 0.3) is 5.56 Å². The number of halogens is 2. The summed E-state index contributed by atoms with van der Waals surface area (Å²) in [7, 11) is 0. The molecule has 3 rings (SSSR count). The quantitative estimate of drug-likeness (QED) is 0.714. The molecule has 0 saturated heterocycles. The molecule has 1 heterocycles. The normalized spacial score (nSPS) is 12.2. The van der Waals surface area contributed by atoms with Gasteiger partial charge in [0, 0.05) is 5.69 Å². The number of anilines is 1. The van der Waals surface area contributed by atoms with Crippen molar-refractivity contribution in [3.05, 3.63) is 68.7 Å². The minimum Gasteiger partial charge on any atom is -0.387 e. The Kier molecular flexibility index (Phi) is 5.27. The second kappa shape index (κ2) is 7.45. The molecule has 134 valence electrons. The minimum atomic E-state index is -0.617. The van der Waals surface area contributed by atoms with Crippen molar-refractivity contribution in [1.82, 2.24) is 9.55 Å². The summed E-state index contributed by atoms with van der Waals surface area (Å²) in [6.45, 7) is 1.25. The van der Waals surface area contributed by atoms with Gasteiger partial charge in [-0.1, -0.05) is 29.3 Å². The second-order valence-corrected chi connectivity index (χ2v) is 6.56. The van der Waals surface area contributed by atoms with Gasteiger partial charge < -0.3 is 10.4 Å². The average Bonchev–Trinajstić information content (AvgIpc) is 2.63. The molecule has 3 aromatic rings. The summed E-state index contributed by atoms with van der Waals surface area (Å²) in [6, 6.07) is 9.69. The maximum Gasteiger partial charge on any atom is 0.261 e. The Morgan fingerprint density at radius 1 is 1.23 bits per heavy atom. The fourth-order valence-electron chi connectivity index (χ4n) is 2.62. The molecule has 1 aromatic heterocycles. The van der Waals surface area contributed by atoms with Crippen molar-refractivity contribution in [3.8, 4) is 0 Å². The van der Waals surface area contributed by atoms with Crippen LogP contribution in [0, 0.1) is 0 Å². The van der Waals surface area contributed by atoms with E-state index in [0.717, 1.165) is 5.56 Å². The first-order valence-corrected chi connectivity index (χ1v) is 8.53. The van der Waals surface area contributed by atoms with E-state index in [9.17, 15) is 9.59 Å². The van der Waals surface area contributed by atoms with E-state index in [0.29, 0.717) is 26.6 Å². The van der Waals surface area contributed by atoms with Gasteiger partial charge in [-0.25, -0.2) is 4.98 Å². The smallest absolute Gasteiger partial charge is 0.261 e. The predicted molar refractivity (Wildman–Crippen MR) is 102 cm³/mol. The van der Waals surface area contributed by atoms with Gasteiger partial charge in [0.15, 0.2) is 0 Å². The van der Waals surface area contributed by atoms with E-state index < -0.39 is 12.5 Å². The average molecular weight is 392 g/mol. The van der Waals surface area contributed by atoms with Gasteiger partial charge in [-0.2, -0.15) is 0 Å². The number of nitrogens with one attached hydrogen (secondary N) is 1. The molecule has 8 heteroatoms. The van der Waals surface area contributed by atoms with Gasteiger partial charge >= 0.3 is 0 Å². The number of hydrogen-bond donors (Lipinski definition) is 2. The fourth-order valence-corrected chi connectivity index (χ4v) is 2.93. The Balaban J connectivity index is 2.01. The van der Waals surface area contributed by atoms with Crippen molar-refractivity contribution in [2.75, 3.05) is 11.9 Å². The first-order valence-electron chi connectivity index (χ1n) is 7.77. The van der Waals surface area contributed by atoms with E-state index >= 15 is 0 Å². The van der Waals surface area contributed by atoms with Crippen molar-refractivity contribution in [3.63, 3.8) is 0 Å². The monoisotopic (exact) mass is 391 g/mol. The Labute approximate surface area is 159 Å². The number of benzene rings is 2. The molecule has 1 atom stereocenters. The third-order valence-corrected chi connectivity index (χ3v) is 4.79. The molecule has 0 saturated carbocycles. The molecule has 0 bridgehead atoms. The molecule has 0 aliphatic heterocycles. The highest BCUT2D eigenvalue weighted by molar-refractivity contribution is 6.42. The van der Waals surface area contributed by atoms with Crippen LogP contribution in [0.3, 0.4) is 0 Å². The molecule has 0 aliphatic rings. The van der Waals surface area contributed by atoms with Crippen LogP contribution in [0.25, 0.3) is 10.9 Å².